The normalized spacial score (nSPS) is 17.0. The number of fused-ring (bicyclic) bond motifs is 1. The summed E-state index contributed by atoms with van der Waals surface area (Å²) in [5.74, 6) is -0.524. The molecule has 1 fully saturated rings. The van der Waals surface area contributed by atoms with Crippen LogP contribution in [-0.4, -0.2) is 41.3 Å². The second-order valence-corrected chi connectivity index (χ2v) is 7.35. The van der Waals surface area contributed by atoms with Gasteiger partial charge in [0.2, 0.25) is 11.8 Å². The first-order valence-corrected chi connectivity index (χ1v) is 9.89. The Bertz CT molecular complexity index is 802. The molecule has 1 atom stereocenters. The first-order valence-electron chi connectivity index (χ1n) is 9.89. The number of carbonyl (C=O) groups excluding carboxylic acids is 2. The molecule has 0 saturated carbocycles. The van der Waals surface area contributed by atoms with E-state index in [2.05, 4.69) is 17.2 Å². The lowest BCUT2D eigenvalue weighted by molar-refractivity contribution is -0.129. The van der Waals surface area contributed by atoms with Crippen LogP contribution in [0.4, 0.5) is 4.39 Å². The lowest BCUT2D eigenvalue weighted by atomic mass is 10.1. The van der Waals surface area contributed by atoms with Gasteiger partial charge in [-0.3, -0.25) is 9.59 Å². The molecule has 3 rings (SSSR count). The van der Waals surface area contributed by atoms with Gasteiger partial charge in [0.1, 0.15) is 5.82 Å². The molecule has 27 heavy (non-hydrogen) atoms. The third-order valence-electron chi connectivity index (χ3n) is 5.30. The third-order valence-corrected chi connectivity index (χ3v) is 5.30. The van der Waals surface area contributed by atoms with E-state index >= 15 is 0 Å². The smallest absolute Gasteiger partial charge is 0.225 e. The van der Waals surface area contributed by atoms with E-state index in [0.29, 0.717) is 26.1 Å². The molecule has 0 aliphatic carbocycles. The standard InChI is InChI=1S/C21H28FN3O2/c1-2-3-4-5-9-23-21(27)16-11-20(26)25(14-16)10-8-15-13-24-19-7-6-17(22)12-18(15)19/h6-7,12-13,16,24H,2-5,8-11,14H2,1H3,(H,23,27)/t16-/m0/s1. The largest absolute Gasteiger partial charge is 0.361 e. The van der Waals surface area contributed by atoms with E-state index in [4.69, 9.17) is 0 Å². The molecule has 2 amide bonds. The Hall–Kier alpha value is -2.37. The minimum Gasteiger partial charge on any atom is -0.361 e. The first kappa shape index (κ1) is 19.4. The van der Waals surface area contributed by atoms with Crippen molar-refractivity contribution in [2.75, 3.05) is 19.6 Å². The highest BCUT2D eigenvalue weighted by molar-refractivity contribution is 5.89. The molecule has 1 aromatic carbocycles. The molecule has 1 saturated heterocycles. The quantitative estimate of drug-likeness (QED) is 0.662. The summed E-state index contributed by atoms with van der Waals surface area (Å²) in [6.07, 6.45) is 7.25. The van der Waals surface area contributed by atoms with Crippen molar-refractivity contribution in [3.05, 3.63) is 35.8 Å². The van der Waals surface area contributed by atoms with Crippen molar-refractivity contribution < 1.29 is 14.0 Å². The molecule has 0 unspecified atom stereocenters. The minimum absolute atomic E-state index is 0.0171. The molecule has 146 valence electrons. The van der Waals surface area contributed by atoms with Gasteiger partial charge in [-0.15, -0.1) is 0 Å². The number of amides is 2. The van der Waals surface area contributed by atoms with Crippen LogP contribution in [0, 0.1) is 11.7 Å². The summed E-state index contributed by atoms with van der Waals surface area (Å²) in [6, 6.07) is 4.66. The van der Waals surface area contributed by atoms with Crippen molar-refractivity contribution in [3.63, 3.8) is 0 Å². The van der Waals surface area contributed by atoms with Gasteiger partial charge in [-0.25, -0.2) is 4.39 Å². The van der Waals surface area contributed by atoms with Crippen molar-refractivity contribution in [1.29, 1.82) is 0 Å². The van der Waals surface area contributed by atoms with Crippen LogP contribution >= 0.6 is 0 Å². The van der Waals surface area contributed by atoms with Crippen LogP contribution in [0.25, 0.3) is 10.9 Å². The van der Waals surface area contributed by atoms with E-state index < -0.39 is 0 Å². The summed E-state index contributed by atoms with van der Waals surface area (Å²) in [7, 11) is 0. The van der Waals surface area contributed by atoms with E-state index in [-0.39, 0.29) is 30.0 Å². The van der Waals surface area contributed by atoms with Gasteiger partial charge in [-0.05, 0) is 36.6 Å². The number of nitrogens with zero attached hydrogens (tertiary/aromatic N) is 1. The fourth-order valence-corrected chi connectivity index (χ4v) is 3.68. The summed E-state index contributed by atoms with van der Waals surface area (Å²) in [5.41, 5.74) is 1.88. The number of benzene rings is 1. The van der Waals surface area contributed by atoms with Gasteiger partial charge in [-0.1, -0.05) is 26.2 Å². The first-order chi connectivity index (χ1) is 13.1. The van der Waals surface area contributed by atoms with E-state index in [1.165, 1.54) is 25.0 Å². The number of aromatic nitrogens is 1. The average molecular weight is 373 g/mol. The second-order valence-electron chi connectivity index (χ2n) is 7.35. The zero-order valence-electron chi connectivity index (χ0n) is 15.9. The number of H-pyrrole nitrogens is 1. The summed E-state index contributed by atoms with van der Waals surface area (Å²) in [5, 5.41) is 3.81. The molecule has 0 radical (unpaired) electrons. The van der Waals surface area contributed by atoms with Gasteiger partial charge in [0, 0.05) is 43.2 Å². The van der Waals surface area contributed by atoms with Crippen LogP contribution in [0.15, 0.2) is 24.4 Å². The van der Waals surface area contributed by atoms with Crippen molar-refractivity contribution in [2.45, 2.75) is 45.4 Å². The monoisotopic (exact) mass is 373 g/mol. The maximum atomic E-state index is 13.5. The number of hydrogen-bond acceptors (Lipinski definition) is 2. The van der Waals surface area contributed by atoms with Gasteiger partial charge < -0.3 is 15.2 Å². The van der Waals surface area contributed by atoms with Crippen LogP contribution in [0.5, 0.6) is 0 Å². The Morgan fingerprint density at radius 3 is 3.00 bits per heavy atom. The number of hydrogen-bond donors (Lipinski definition) is 2. The van der Waals surface area contributed by atoms with E-state index in [9.17, 15) is 14.0 Å². The summed E-state index contributed by atoms with van der Waals surface area (Å²) in [6.45, 7) is 3.85. The van der Waals surface area contributed by atoms with Crippen molar-refractivity contribution in [1.82, 2.24) is 15.2 Å². The molecule has 2 N–H and O–H groups in total. The number of likely N-dealkylation sites (tertiary alicyclic amines) is 1. The molecule has 5 nitrogen and oxygen atoms in total. The topological polar surface area (TPSA) is 65.2 Å². The maximum absolute atomic E-state index is 13.5. The van der Waals surface area contributed by atoms with Gasteiger partial charge >= 0.3 is 0 Å². The Balaban J connectivity index is 1.49. The zero-order valence-corrected chi connectivity index (χ0v) is 15.9. The van der Waals surface area contributed by atoms with Crippen LogP contribution in [0.1, 0.15) is 44.6 Å². The Labute approximate surface area is 159 Å². The number of rotatable bonds is 9. The molecule has 0 spiro atoms. The number of unbranched alkanes of at least 4 members (excludes halogenated alkanes) is 3. The molecule has 1 aliphatic rings. The van der Waals surface area contributed by atoms with Crippen LogP contribution in [0.3, 0.4) is 0 Å². The highest BCUT2D eigenvalue weighted by Crippen LogP contribution is 2.22. The van der Waals surface area contributed by atoms with Gasteiger partial charge in [0.15, 0.2) is 0 Å². The van der Waals surface area contributed by atoms with Crippen molar-refractivity contribution in [2.24, 2.45) is 5.92 Å². The van der Waals surface area contributed by atoms with E-state index in [1.54, 1.807) is 11.0 Å². The fourth-order valence-electron chi connectivity index (χ4n) is 3.68. The molecular formula is C21H28FN3O2. The van der Waals surface area contributed by atoms with Gasteiger partial charge in [0.25, 0.3) is 0 Å². The molecule has 6 heteroatoms. The van der Waals surface area contributed by atoms with Gasteiger partial charge in [0.05, 0.1) is 5.92 Å². The lowest BCUT2D eigenvalue weighted by Gasteiger charge is -2.16. The number of nitrogens with one attached hydrogen (secondary N) is 2. The Kier molecular flexibility index (Phi) is 6.48. The second kappa shape index (κ2) is 9.02. The SMILES string of the molecule is CCCCCCNC(=O)[C@H]1CC(=O)N(CCc2c[nH]c3ccc(F)cc23)C1. The zero-order chi connectivity index (χ0) is 19.2. The summed E-state index contributed by atoms with van der Waals surface area (Å²) >= 11 is 0. The summed E-state index contributed by atoms with van der Waals surface area (Å²) in [4.78, 5) is 29.4. The van der Waals surface area contributed by atoms with Crippen LogP contribution in [-0.2, 0) is 16.0 Å². The van der Waals surface area contributed by atoms with Crippen molar-refractivity contribution >= 4 is 22.7 Å². The number of carbonyl (C=O) groups is 2. The molecule has 0 bridgehead atoms. The maximum Gasteiger partial charge on any atom is 0.225 e. The molecule has 1 aromatic heterocycles. The number of aromatic amines is 1. The Morgan fingerprint density at radius 1 is 1.33 bits per heavy atom. The third kappa shape index (κ3) is 4.87. The van der Waals surface area contributed by atoms with E-state index in [1.807, 2.05) is 6.20 Å². The Morgan fingerprint density at radius 2 is 2.19 bits per heavy atom. The van der Waals surface area contributed by atoms with E-state index in [0.717, 1.165) is 29.3 Å². The van der Waals surface area contributed by atoms with Crippen molar-refractivity contribution in [3.8, 4) is 0 Å². The highest BCUT2D eigenvalue weighted by Gasteiger charge is 2.33. The summed E-state index contributed by atoms with van der Waals surface area (Å²) < 4.78 is 13.5. The predicted molar refractivity (Wildman–Crippen MR) is 104 cm³/mol. The minimum atomic E-state index is -0.267. The average Bonchev–Trinajstić information content (AvgIpc) is 3.22. The van der Waals surface area contributed by atoms with Crippen LogP contribution < -0.4 is 5.32 Å². The molecule has 1 aliphatic heterocycles. The fraction of sp³-hybridized carbons (Fsp3) is 0.524. The molecular weight excluding hydrogens is 345 g/mol. The molecule has 2 aromatic rings. The predicted octanol–water partition coefficient (Wildman–Crippen LogP) is 3.39. The highest BCUT2D eigenvalue weighted by atomic mass is 19.1. The van der Waals surface area contributed by atoms with Gasteiger partial charge in [-0.2, -0.15) is 0 Å². The number of halogens is 1. The lowest BCUT2D eigenvalue weighted by Crippen LogP contribution is -2.34. The molecule has 2 heterocycles. The van der Waals surface area contributed by atoms with Crippen LogP contribution in [0.2, 0.25) is 0 Å².